The van der Waals surface area contributed by atoms with E-state index in [2.05, 4.69) is 39.2 Å². The predicted molar refractivity (Wildman–Crippen MR) is 97.4 cm³/mol. The Bertz CT molecular complexity index is 792. The Kier molecular flexibility index (Phi) is 4.91. The van der Waals surface area contributed by atoms with Gasteiger partial charge in [-0.05, 0) is 37.3 Å². The molecule has 3 rings (SSSR count). The standard InChI is InChI=1S/C19H20N4O/c1-3-23(16-9-5-4-6-10-16)18-12-13-20-19(22-18)21-15-8-7-11-17(14-15)24-2/h4-14H,3H2,1-2H3,(H,20,21,22). The first kappa shape index (κ1) is 15.8. The summed E-state index contributed by atoms with van der Waals surface area (Å²) in [5.74, 6) is 2.19. The van der Waals surface area contributed by atoms with E-state index in [1.807, 2.05) is 48.5 Å². The molecule has 2 aromatic carbocycles. The Morgan fingerprint density at radius 2 is 1.88 bits per heavy atom. The Morgan fingerprint density at radius 1 is 1.04 bits per heavy atom. The van der Waals surface area contributed by atoms with Gasteiger partial charge in [-0.1, -0.05) is 24.3 Å². The van der Waals surface area contributed by atoms with Crippen LogP contribution >= 0.6 is 0 Å². The van der Waals surface area contributed by atoms with Crippen LogP contribution in [0.15, 0.2) is 66.9 Å². The molecular weight excluding hydrogens is 300 g/mol. The average molecular weight is 320 g/mol. The van der Waals surface area contributed by atoms with E-state index < -0.39 is 0 Å². The Balaban J connectivity index is 1.85. The van der Waals surface area contributed by atoms with Gasteiger partial charge in [0.15, 0.2) is 0 Å². The zero-order chi connectivity index (χ0) is 16.8. The van der Waals surface area contributed by atoms with Crippen molar-refractivity contribution in [2.45, 2.75) is 6.92 Å². The number of hydrogen-bond donors (Lipinski definition) is 1. The number of rotatable bonds is 6. The van der Waals surface area contributed by atoms with Gasteiger partial charge in [0.05, 0.1) is 7.11 Å². The average Bonchev–Trinajstić information content (AvgIpc) is 2.64. The second-order valence-electron chi connectivity index (χ2n) is 5.18. The minimum atomic E-state index is 0.551. The summed E-state index contributed by atoms with van der Waals surface area (Å²) in [6.45, 7) is 2.92. The second-order valence-corrected chi connectivity index (χ2v) is 5.18. The van der Waals surface area contributed by atoms with Crippen molar-refractivity contribution in [2.75, 3.05) is 23.9 Å². The van der Waals surface area contributed by atoms with Gasteiger partial charge in [-0.3, -0.25) is 0 Å². The summed E-state index contributed by atoms with van der Waals surface area (Å²) >= 11 is 0. The van der Waals surface area contributed by atoms with E-state index in [0.29, 0.717) is 5.95 Å². The highest BCUT2D eigenvalue weighted by Crippen LogP contribution is 2.25. The first-order valence-corrected chi connectivity index (χ1v) is 7.87. The highest BCUT2D eigenvalue weighted by molar-refractivity contribution is 5.62. The SMILES string of the molecule is CCN(c1ccccc1)c1ccnc(Nc2cccc(OC)c2)n1. The first-order valence-electron chi connectivity index (χ1n) is 7.87. The number of benzene rings is 2. The molecule has 1 aromatic heterocycles. The number of hydrogen-bond acceptors (Lipinski definition) is 5. The maximum atomic E-state index is 5.24. The van der Waals surface area contributed by atoms with Crippen LogP contribution in [-0.2, 0) is 0 Å². The number of nitrogens with one attached hydrogen (secondary N) is 1. The molecule has 0 fully saturated rings. The number of methoxy groups -OCH3 is 1. The second kappa shape index (κ2) is 7.46. The fourth-order valence-electron chi connectivity index (χ4n) is 2.47. The Hall–Kier alpha value is -3.08. The van der Waals surface area contributed by atoms with Crippen molar-refractivity contribution in [2.24, 2.45) is 0 Å². The summed E-state index contributed by atoms with van der Waals surface area (Å²) < 4.78 is 5.24. The molecule has 0 aliphatic rings. The maximum absolute atomic E-state index is 5.24. The molecule has 0 unspecified atom stereocenters. The van der Waals surface area contributed by atoms with E-state index in [9.17, 15) is 0 Å². The van der Waals surface area contributed by atoms with E-state index in [0.717, 1.165) is 29.5 Å². The fourth-order valence-corrected chi connectivity index (χ4v) is 2.47. The third-order valence-corrected chi connectivity index (χ3v) is 3.63. The summed E-state index contributed by atoms with van der Waals surface area (Å²) in [4.78, 5) is 11.1. The van der Waals surface area contributed by atoms with Gasteiger partial charge in [0, 0.05) is 30.2 Å². The molecule has 0 aliphatic carbocycles. The van der Waals surface area contributed by atoms with Crippen LogP contribution in [-0.4, -0.2) is 23.6 Å². The normalized spacial score (nSPS) is 10.2. The molecule has 5 heteroatoms. The summed E-state index contributed by atoms with van der Waals surface area (Å²) in [6.07, 6.45) is 1.76. The van der Waals surface area contributed by atoms with Crippen LogP contribution in [0.2, 0.25) is 0 Å². The van der Waals surface area contributed by atoms with Crippen LogP contribution < -0.4 is 15.0 Å². The van der Waals surface area contributed by atoms with Gasteiger partial charge in [-0.15, -0.1) is 0 Å². The molecule has 0 spiro atoms. The summed E-state index contributed by atoms with van der Waals surface area (Å²) in [7, 11) is 1.65. The number of anilines is 4. The fraction of sp³-hybridized carbons (Fsp3) is 0.158. The van der Waals surface area contributed by atoms with Gasteiger partial charge in [0.25, 0.3) is 0 Å². The lowest BCUT2D eigenvalue weighted by molar-refractivity contribution is 0.415. The predicted octanol–water partition coefficient (Wildman–Crippen LogP) is 4.39. The van der Waals surface area contributed by atoms with Crippen LogP contribution in [0.1, 0.15) is 6.92 Å². The van der Waals surface area contributed by atoms with E-state index in [1.54, 1.807) is 13.3 Å². The number of nitrogens with zero attached hydrogens (tertiary/aromatic N) is 3. The highest BCUT2D eigenvalue weighted by Gasteiger charge is 2.09. The number of ether oxygens (including phenoxy) is 1. The summed E-state index contributed by atoms with van der Waals surface area (Å²) in [6, 6.07) is 19.8. The molecule has 0 amide bonds. The van der Waals surface area contributed by atoms with Crippen LogP contribution in [0, 0.1) is 0 Å². The highest BCUT2D eigenvalue weighted by atomic mass is 16.5. The van der Waals surface area contributed by atoms with Gasteiger partial charge in [-0.2, -0.15) is 4.98 Å². The quantitative estimate of drug-likeness (QED) is 0.730. The zero-order valence-electron chi connectivity index (χ0n) is 13.8. The van der Waals surface area contributed by atoms with Crippen molar-refractivity contribution >= 4 is 23.1 Å². The molecule has 1 heterocycles. The first-order chi connectivity index (χ1) is 11.8. The van der Waals surface area contributed by atoms with Gasteiger partial charge >= 0.3 is 0 Å². The Labute approximate surface area is 142 Å². The third-order valence-electron chi connectivity index (χ3n) is 3.63. The van der Waals surface area contributed by atoms with Crippen molar-refractivity contribution in [1.29, 1.82) is 0 Å². The van der Waals surface area contributed by atoms with Crippen LogP contribution in [0.25, 0.3) is 0 Å². The van der Waals surface area contributed by atoms with Crippen molar-refractivity contribution < 1.29 is 4.74 Å². The van der Waals surface area contributed by atoms with Crippen molar-refractivity contribution in [3.05, 3.63) is 66.9 Å². The van der Waals surface area contributed by atoms with Crippen LogP contribution in [0.4, 0.5) is 23.1 Å². The molecule has 0 aliphatic heterocycles. The molecule has 5 nitrogen and oxygen atoms in total. The Morgan fingerprint density at radius 3 is 2.62 bits per heavy atom. The van der Waals surface area contributed by atoms with E-state index >= 15 is 0 Å². The molecule has 3 aromatic rings. The largest absolute Gasteiger partial charge is 0.497 e. The molecule has 0 saturated heterocycles. The monoisotopic (exact) mass is 320 g/mol. The minimum Gasteiger partial charge on any atom is -0.497 e. The van der Waals surface area contributed by atoms with E-state index in [-0.39, 0.29) is 0 Å². The maximum Gasteiger partial charge on any atom is 0.229 e. The van der Waals surface area contributed by atoms with Gasteiger partial charge in [0.2, 0.25) is 5.95 Å². The minimum absolute atomic E-state index is 0.551. The van der Waals surface area contributed by atoms with Gasteiger partial charge < -0.3 is 15.0 Å². The molecule has 122 valence electrons. The summed E-state index contributed by atoms with van der Waals surface area (Å²) in [5.41, 5.74) is 1.99. The van der Waals surface area contributed by atoms with E-state index in [1.165, 1.54) is 0 Å². The lowest BCUT2D eigenvalue weighted by atomic mass is 10.3. The number of aromatic nitrogens is 2. The summed E-state index contributed by atoms with van der Waals surface area (Å²) in [5, 5.41) is 3.22. The van der Waals surface area contributed by atoms with Gasteiger partial charge in [-0.25, -0.2) is 4.98 Å². The van der Waals surface area contributed by atoms with Crippen molar-refractivity contribution in [1.82, 2.24) is 9.97 Å². The topological polar surface area (TPSA) is 50.3 Å². The lowest BCUT2D eigenvalue weighted by Crippen LogP contribution is -2.17. The molecular formula is C19H20N4O. The molecule has 0 atom stereocenters. The lowest BCUT2D eigenvalue weighted by Gasteiger charge is -2.22. The van der Waals surface area contributed by atoms with E-state index in [4.69, 9.17) is 4.74 Å². The molecule has 0 radical (unpaired) electrons. The molecule has 1 N–H and O–H groups in total. The molecule has 24 heavy (non-hydrogen) atoms. The van der Waals surface area contributed by atoms with Crippen molar-refractivity contribution in [3.8, 4) is 5.75 Å². The zero-order valence-corrected chi connectivity index (χ0v) is 13.8. The van der Waals surface area contributed by atoms with Gasteiger partial charge in [0.1, 0.15) is 11.6 Å². The van der Waals surface area contributed by atoms with Crippen molar-refractivity contribution in [3.63, 3.8) is 0 Å². The molecule has 0 bridgehead atoms. The smallest absolute Gasteiger partial charge is 0.229 e. The van der Waals surface area contributed by atoms with Crippen LogP contribution in [0.3, 0.4) is 0 Å². The molecule has 0 saturated carbocycles. The number of para-hydroxylation sites is 1. The third kappa shape index (κ3) is 3.63. The van der Waals surface area contributed by atoms with Crippen LogP contribution in [0.5, 0.6) is 5.75 Å².